The van der Waals surface area contributed by atoms with Gasteiger partial charge in [0.1, 0.15) is 5.82 Å². The molecule has 3 aromatic rings. The van der Waals surface area contributed by atoms with Gasteiger partial charge in [0.2, 0.25) is 0 Å². The van der Waals surface area contributed by atoms with E-state index in [0.717, 1.165) is 56.0 Å². The molecule has 0 saturated heterocycles. The number of alkyl halides is 3. The number of pyridine rings is 2. The van der Waals surface area contributed by atoms with Gasteiger partial charge < -0.3 is 27.4 Å². The molecule has 0 aliphatic heterocycles. The van der Waals surface area contributed by atoms with Crippen molar-refractivity contribution in [3.63, 3.8) is 0 Å². The second-order valence-corrected chi connectivity index (χ2v) is 8.89. The van der Waals surface area contributed by atoms with Crippen molar-refractivity contribution >= 4 is 34.8 Å². The SMILES string of the molecule is NC(=O)c1cc(F)c(NC2CCCC[C@@H]2N)nc1Nc1cncc(NC(=O)c2ccc(C(F)(F)F)cc2)c1. The van der Waals surface area contributed by atoms with Crippen LogP contribution in [0.4, 0.5) is 40.6 Å². The average molecular weight is 532 g/mol. The van der Waals surface area contributed by atoms with Crippen LogP contribution in [-0.4, -0.2) is 33.9 Å². The number of hydrogen-bond donors (Lipinski definition) is 5. The van der Waals surface area contributed by atoms with Crippen LogP contribution >= 0.6 is 0 Å². The van der Waals surface area contributed by atoms with Crippen LogP contribution in [0.1, 0.15) is 52.0 Å². The third-order valence-corrected chi connectivity index (χ3v) is 6.12. The van der Waals surface area contributed by atoms with Crippen molar-refractivity contribution in [1.82, 2.24) is 9.97 Å². The molecule has 2 heterocycles. The summed E-state index contributed by atoms with van der Waals surface area (Å²) in [6, 6.07) is 5.79. The van der Waals surface area contributed by atoms with E-state index in [4.69, 9.17) is 11.5 Å². The van der Waals surface area contributed by atoms with Gasteiger partial charge >= 0.3 is 6.18 Å². The standard InChI is InChI=1S/C25H25F4N7O2/c26-18-10-17(21(31)37)22(36-23(18)35-20-4-2-1-3-19(20)30)33-15-9-16(12-32-11-15)34-24(38)13-5-7-14(8-6-13)25(27,28)29/h5-12,19-20H,1-4,30H2,(H2,31,37)(H,34,38)(H2,33,35,36)/t19-,20?/m0/s1. The summed E-state index contributed by atoms with van der Waals surface area (Å²) < 4.78 is 53.1. The zero-order valence-electron chi connectivity index (χ0n) is 20.0. The van der Waals surface area contributed by atoms with Gasteiger partial charge in [-0.2, -0.15) is 13.2 Å². The van der Waals surface area contributed by atoms with Crippen LogP contribution in [-0.2, 0) is 6.18 Å². The number of nitrogens with one attached hydrogen (secondary N) is 3. The summed E-state index contributed by atoms with van der Waals surface area (Å²) >= 11 is 0. The summed E-state index contributed by atoms with van der Waals surface area (Å²) in [4.78, 5) is 32.7. The highest BCUT2D eigenvalue weighted by Crippen LogP contribution is 2.30. The van der Waals surface area contributed by atoms with Crippen LogP contribution in [0.15, 0.2) is 48.8 Å². The molecular weight excluding hydrogens is 506 g/mol. The number of nitrogens with zero attached hydrogens (tertiary/aromatic N) is 2. The minimum Gasteiger partial charge on any atom is -0.365 e. The van der Waals surface area contributed by atoms with Crippen molar-refractivity contribution in [2.24, 2.45) is 11.5 Å². The first kappa shape index (κ1) is 26.8. The van der Waals surface area contributed by atoms with Crippen LogP contribution in [0.25, 0.3) is 0 Å². The maximum Gasteiger partial charge on any atom is 0.416 e. The van der Waals surface area contributed by atoms with Crippen molar-refractivity contribution in [3.8, 4) is 0 Å². The third-order valence-electron chi connectivity index (χ3n) is 6.12. The summed E-state index contributed by atoms with van der Waals surface area (Å²) in [5.41, 5.74) is 11.0. The van der Waals surface area contributed by atoms with Gasteiger partial charge in [-0.25, -0.2) is 9.37 Å². The Balaban J connectivity index is 1.53. The largest absolute Gasteiger partial charge is 0.416 e. The van der Waals surface area contributed by atoms with Crippen molar-refractivity contribution in [3.05, 3.63) is 71.3 Å². The Morgan fingerprint density at radius 3 is 2.32 bits per heavy atom. The molecule has 13 heteroatoms. The number of carbonyl (C=O) groups excluding carboxylic acids is 2. The van der Waals surface area contributed by atoms with Crippen molar-refractivity contribution < 1.29 is 27.2 Å². The normalized spacial score (nSPS) is 17.5. The number of carbonyl (C=O) groups is 2. The lowest BCUT2D eigenvalue weighted by Gasteiger charge is -2.30. The summed E-state index contributed by atoms with van der Waals surface area (Å²) in [5, 5.41) is 8.41. The van der Waals surface area contributed by atoms with Gasteiger partial charge in [0.25, 0.3) is 11.8 Å². The summed E-state index contributed by atoms with van der Waals surface area (Å²) in [5.74, 6) is -2.48. The quantitative estimate of drug-likeness (QED) is 0.284. The molecule has 2 amide bonds. The van der Waals surface area contributed by atoms with Crippen LogP contribution in [0, 0.1) is 5.82 Å². The third kappa shape index (κ3) is 6.35. The molecule has 1 saturated carbocycles. The van der Waals surface area contributed by atoms with Gasteiger partial charge in [-0.1, -0.05) is 12.8 Å². The molecule has 0 spiro atoms. The fraction of sp³-hybridized carbons (Fsp3) is 0.280. The summed E-state index contributed by atoms with van der Waals surface area (Å²) in [7, 11) is 0. The van der Waals surface area contributed by atoms with E-state index in [2.05, 4.69) is 25.9 Å². The molecule has 200 valence electrons. The van der Waals surface area contributed by atoms with E-state index in [1.54, 1.807) is 0 Å². The van der Waals surface area contributed by atoms with Gasteiger partial charge in [0, 0.05) is 17.6 Å². The Kier molecular flexibility index (Phi) is 7.76. The van der Waals surface area contributed by atoms with Crippen molar-refractivity contribution in [2.45, 2.75) is 43.9 Å². The molecule has 1 unspecified atom stereocenters. The molecule has 1 aliphatic rings. The lowest BCUT2D eigenvalue weighted by Crippen LogP contribution is -2.43. The Morgan fingerprint density at radius 1 is 0.974 bits per heavy atom. The number of halogens is 4. The van der Waals surface area contributed by atoms with E-state index in [1.165, 1.54) is 18.5 Å². The molecule has 2 aromatic heterocycles. The first-order valence-electron chi connectivity index (χ1n) is 11.7. The fourth-order valence-electron chi connectivity index (χ4n) is 4.11. The van der Waals surface area contributed by atoms with E-state index in [9.17, 15) is 27.2 Å². The van der Waals surface area contributed by atoms with Gasteiger partial charge in [0.05, 0.1) is 34.9 Å². The van der Waals surface area contributed by atoms with Gasteiger partial charge in [0.15, 0.2) is 11.6 Å². The number of nitrogens with two attached hydrogens (primary N) is 2. The molecule has 7 N–H and O–H groups in total. The number of rotatable bonds is 7. The average Bonchev–Trinajstić information content (AvgIpc) is 2.86. The maximum atomic E-state index is 14.7. The topological polar surface area (TPSA) is 148 Å². The van der Waals surface area contributed by atoms with Gasteiger partial charge in [-0.05, 0) is 49.2 Å². The molecule has 0 radical (unpaired) electrons. The second-order valence-electron chi connectivity index (χ2n) is 8.89. The van der Waals surface area contributed by atoms with Crippen molar-refractivity contribution in [2.75, 3.05) is 16.0 Å². The zero-order chi connectivity index (χ0) is 27.4. The number of hydrogen-bond acceptors (Lipinski definition) is 7. The number of amides is 2. The van der Waals surface area contributed by atoms with E-state index in [1.807, 2.05) is 0 Å². The molecule has 9 nitrogen and oxygen atoms in total. The van der Waals surface area contributed by atoms with E-state index < -0.39 is 29.4 Å². The van der Waals surface area contributed by atoms with E-state index in [0.29, 0.717) is 0 Å². The fourth-order valence-corrected chi connectivity index (χ4v) is 4.11. The van der Waals surface area contributed by atoms with E-state index in [-0.39, 0.29) is 46.2 Å². The molecule has 1 aliphatic carbocycles. The molecule has 38 heavy (non-hydrogen) atoms. The highest BCUT2D eigenvalue weighted by atomic mass is 19.4. The van der Waals surface area contributed by atoms with E-state index >= 15 is 0 Å². The molecule has 4 rings (SSSR count). The lowest BCUT2D eigenvalue weighted by atomic mass is 9.91. The Bertz CT molecular complexity index is 1330. The highest BCUT2D eigenvalue weighted by molar-refractivity contribution is 6.04. The molecule has 2 atom stereocenters. The summed E-state index contributed by atoms with van der Waals surface area (Å²) in [6.07, 6.45) is 1.63. The number of benzene rings is 1. The maximum absolute atomic E-state index is 14.7. The minimum absolute atomic E-state index is 0.00390. The summed E-state index contributed by atoms with van der Waals surface area (Å²) in [6.45, 7) is 0. The second kappa shape index (κ2) is 11.0. The van der Waals surface area contributed by atoms with Crippen LogP contribution in [0.3, 0.4) is 0 Å². The van der Waals surface area contributed by atoms with Crippen molar-refractivity contribution in [1.29, 1.82) is 0 Å². The van der Waals surface area contributed by atoms with Gasteiger partial charge in [-0.3, -0.25) is 14.6 Å². The molecule has 1 fully saturated rings. The number of anilines is 4. The molecule has 1 aromatic carbocycles. The minimum atomic E-state index is -4.52. The first-order valence-corrected chi connectivity index (χ1v) is 11.7. The monoisotopic (exact) mass is 531 g/mol. The Labute approximate surface area is 215 Å². The first-order chi connectivity index (χ1) is 18.0. The predicted octanol–water partition coefficient (Wildman–Crippen LogP) is 4.41. The molecular formula is C25H25F4N7O2. The zero-order valence-corrected chi connectivity index (χ0v) is 20.0. The van der Waals surface area contributed by atoms with Crippen LogP contribution in [0.2, 0.25) is 0 Å². The smallest absolute Gasteiger partial charge is 0.365 e. The highest BCUT2D eigenvalue weighted by Gasteiger charge is 2.30. The lowest BCUT2D eigenvalue weighted by molar-refractivity contribution is -0.137. The van der Waals surface area contributed by atoms with Crippen LogP contribution in [0.5, 0.6) is 0 Å². The van der Waals surface area contributed by atoms with Gasteiger partial charge in [-0.15, -0.1) is 0 Å². The predicted molar refractivity (Wildman–Crippen MR) is 133 cm³/mol. The molecule has 0 bridgehead atoms. The Morgan fingerprint density at radius 2 is 1.66 bits per heavy atom. The number of aromatic nitrogens is 2. The Hall–Kier alpha value is -4.26. The van der Waals surface area contributed by atoms with Crippen LogP contribution < -0.4 is 27.4 Å². The number of primary amides is 1.